The molecule has 3 fully saturated rings. The van der Waals surface area contributed by atoms with E-state index in [-0.39, 0.29) is 34.7 Å². The highest BCUT2D eigenvalue weighted by Gasteiger charge is 2.51. The smallest absolute Gasteiger partial charge is 0.416 e. The number of ether oxygens (including phenoxy) is 2. The van der Waals surface area contributed by atoms with Crippen LogP contribution in [0, 0.1) is 29.5 Å². The van der Waals surface area contributed by atoms with Crippen LogP contribution in [0.25, 0.3) is 0 Å². The number of fused-ring (bicyclic) bond motifs is 2. The topological polar surface area (TPSA) is 127 Å². The lowest BCUT2D eigenvalue weighted by molar-refractivity contribution is -0.143. The lowest BCUT2D eigenvalue weighted by atomic mass is 9.83. The Kier molecular flexibility index (Phi) is 8.29. The predicted octanol–water partition coefficient (Wildman–Crippen LogP) is 5.05. The van der Waals surface area contributed by atoms with Gasteiger partial charge >= 0.3 is 12.1 Å². The first-order valence-corrected chi connectivity index (χ1v) is 13.9. The second-order valence-electron chi connectivity index (χ2n) is 11.2. The lowest BCUT2D eigenvalue weighted by Gasteiger charge is -2.31. The van der Waals surface area contributed by atoms with Gasteiger partial charge in [0.25, 0.3) is 5.91 Å². The number of carbonyl (C=O) groups is 3. The summed E-state index contributed by atoms with van der Waals surface area (Å²) in [7, 11) is 1.29. The first-order valence-electron chi connectivity index (χ1n) is 13.9. The maximum Gasteiger partial charge on any atom is 0.416 e. The fourth-order valence-electron chi connectivity index (χ4n) is 6.57. The molecule has 1 aromatic heterocycles. The molecule has 42 heavy (non-hydrogen) atoms. The van der Waals surface area contributed by atoms with Crippen molar-refractivity contribution in [2.75, 3.05) is 12.4 Å². The van der Waals surface area contributed by atoms with Crippen molar-refractivity contribution < 1.29 is 46.5 Å². The number of aromatic nitrogens is 1. The van der Waals surface area contributed by atoms with Crippen molar-refractivity contribution in [3.63, 3.8) is 0 Å². The highest BCUT2D eigenvalue weighted by atomic mass is 19.4. The minimum atomic E-state index is -4.60. The quantitative estimate of drug-likeness (QED) is 0.366. The van der Waals surface area contributed by atoms with E-state index in [9.17, 15) is 37.1 Å². The molecule has 0 saturated heterocycles. The number of rotatable bonds is 8. The summed E-state index contributed by atoms with van der Waals surface area (Å²) in [4.78, 5) is 41.9. The van der Waals surface area contributed by atoms with E-state index in [0.29, 0.717) is 32.1 Å². The molecule has 2 aromatic rings. The van der Waals surface area contributed by atoms with Crippen LogP contribution < -0.4 is 20.1 Å². The van der Waals surface area contributed by atoms with Crippen molar-refractivity contribution in [2.24, 2.45) is 23.7 Å². The molecule has 4 atom stereocenters. The average molecular weight is 594 g/mol. The van der Waals surface area contributed by atoms with Crippen LogP contribution in [0.5, 0.6) is 11.5 Å². The number of carboxylic acids is 1. The van der Waals surface area contributed by atoms with Crippen molar-refractivity contribution >= 4 is 23.6 Å². The highest BCUT2D eigenvalue weighted by molar-refractivity contribution is 5.99. The molecule has 226 valence electrons. The summed E-state index contributed by atoms with van der Waals surface area (Å²) < 4.78 is 65.4. The van der Waals surface area contributed by atoms with Gasteiger partial charge in [-0.25, -0.2) is 9.37 Å². The van der Waals surface area contributed by atoms with Gasteiger partial charge < -0.3 is 25.2 Å². The van der Waals surface area contributed by atoms with E-state index in [4.69, 9.17) is 9.47 Å². The van der Waals surface area contributed by atoms with Crippen LogP contribution in [0.4, 0.5) is 23.4 Å². The standard InChI is InChI=1S/C29H31F4N3O6/c1-41-21-13-20(30)22(42-18-6-4-14(5-7-18)28(39)40)12-19(21)26(37)36-25-16-3-2-15(10-16)24(25)27(38)35-23-11-17(8-9-34-23)29(31,32)33/h8-9,11-16,18,24-25H,2-7,10H2,1H3,(H,36,37)(H,39,40)(H,34,35,38)/t14?,15-,16+,18?,24+,25-/m1/s1. The van der Waals surface area contributed by atoms with E-state index in [0.717, 1.165) is 37.2 Å². The number of halogens is 4. The number of hydrogen-bond donors (Lipinski definition) is 3. The number of carbonyl (C=O) groups excluding carboxylic acids is 2. The third-order valence-electron chi connectivity index (χ3n) is 8.67. The summed E-state index contributed by atoms with van der Waals surface area (Å²) in [6.07, 6.45) is -0.211. The number of carboxylic acid groups (broad SMARTS) is 1. The number of nitrogens with one attached hydrogen (secondary N) is 2. The second kappa shape index (κ2) is 11.8. The summed E-state index contributed by atoms with van der Waals surface area (Å²) in [5.74, 6) is -4.46. The molecule has 3 N–H and O–H groups in total. The average Bonchev–Trinajstić information content (AvgIpc) is 3.56. The summed E-state index contributed by atoms with van der Waals surface area (Å²) in [5, 5.41) is 14.6. The van der Waals surface area contributed by atoms with Gasteiger partial charge in [0.15, 0.2) is 11.6 Å². The number of amides is 2. The van der Waals surface area contributed by atoms with Crippen LogP contribution in [-0.2, 0) is 15.8 Å². The third-order valence-corrected chi connectivity index (χ3v) is 8.67. The van der Waals surface area contributed by atoms with E-state index >= 15 is 0 Å². The largest absolute Gasteiger partial charge is 0.496 e. The molecule has 0 unspecified atom stereocenters. The molecule has 9 nitrogen and oxygen atoms in total. The monoisotopic (exact) mass is 593 g/mol. The highest BCUT2D eigenvalue weighted by Crippen LogP contribution is 2.49. The fraction of sp³-hybridized carbons (Fsp3) is 0.517. The molecule has 0 radical (unpaired) electrons. The Morgan fingerprint density at radius 3 is 2.38 bits per heavy atom. The van der Waals surface area contributed by atoms with Crippen molar-refractivity contribution in [1.29, 1.82) is 0 Å². The Morgan fingerprint density at radius 2 is 1.71 bits per heavy atom. The summed E-state index contributed by atoms with van der Waals surface area (Å²) in [6, 6.07) is 3.25. The van der Waals surface area contributed by atoms with Gasteiger partial charge in [0, 0.05) is 18.3 Å². The van der Waals surface area contributed by atoms with Gasteiger partial charge in [0.1, 0.15) is 11.6 Å². The van der Waals surface area contributed by atoms with Gasteiger partial charge in [-0.15, -0.1) is 0 Å². The predicted molar refractivity (Wildman–Crippen MR) is 140 cm³/mol. The maximum atomic E-state index is 14.9. The molecule has 2 bridgehead atoms. The zero-order chi connectivity index (χ0) is 30.2. The van der Waals surface area contributed by atoms with Gasteiger partial charge in [-0.1, -0.05) is 0 Å². The Balaban J connectivity index is 1.31. The third kappa shape index (κ3) is 6.14. The molecule has 3 aliphatic carbocycles. The lowest BCUT2D eigenvalue weighted by Crippen LogP contribution is -2.48. The van der Waals surface area contributed by atoms with Crippen molar-refractivity contribution in [3.05, 3.63) is 47.4 Å². The molecule has 0 aliphatic heterocycles. The molecule has 13 heteroatoms. The van der Waals surface area contributed by atoms with Crippen LogP contribution in [0.1, 0.15) is 60.9 Å². The number of pyridine rings is 1. The first kappa shape index (κ1) is 29.6. The Hall–Kier alpha value is -3.90. The minimum absolute atomic E-state index is 0.00500. The van der Waals surface area contributed by atoms with E-state index in [1.165, 1.54) is 13.2 Å². The van der Waals surface area contributed by atoms with Crippen LogP contribution in [0.15, 0.2) is 30.5 Å². The molecule has 3 aliphatic rings. The van der Waals surface area contributed by atoms with Crippen molar-refractivity contribution in [1.82, 2.24) is 10.3 Å². The Bertz CT molecular complexity index is 1360. The zero-order valence-corrected chi connectivity index (χ0v) is 22.7. The normalized spacial score (nSPS) is 26.9. The van der Waals surface area contributed by atoms with Gasteiger partial charge in [-0.05, 0) is 75.0 Å². The van der Waals surface area contributed by atoms with Crippen LogP contribution in [-0.4, -0.2) is 47.1 Å². The van der Waals surface area contributed by atoms with Gasteiger partial charge in [-0.2, -0.15) is 13.2 Å². The molecule has 2 amide bonds. The maximum absolute atomic E-state index is 14.9. The zero-order valence-electron chi connectivity index (χ0n) is 22.7. The number of nitrogens with zero attached hydrogens (tertiary/aromatic N) is 1. The minimum Gasteiger partial charge on any atom is -0.496 e. The van der Waals surface area contributed by atoms with E-state index in [1.54, 1.807) is 0 Å². The molecule has 5 rings (SSSR count). The number of alkyl halides is 3. The van der Waals surface area contributed by atoms with Crippen LogP contribution in [0.2, 0.25) is 0 Å². The summed E-state index contributed by atoms with van der Waals surface area (Å²) in [6.45, 7) is 0. The van der Waals surface area contributed by atoms with Crippen molar-refractivity contribution in [3.8, 4) is 11.5 Å². The van der Waals surface area contributed by atoms with E-state index < -0.39 is 59.3 Å². The van der Waals surface area contributed by atoms with E-state index in [2.05, 4.69) is 15.6 Å². The van der Waals surface area contributed by atoms with E-state index in [1.807, 2.05) is 0 Å². The Morgan fingerprint density at radius 1 is 1.00 bits per heavy atom. The van der Waals surface area contributed by atoms with Gasteiger partial charge in [0.05, 0.1) is 36.2 Å². The molecule has 3 saturated carbocycles. The molecular formula is C29H31F4N3O6. The van der Waals surface area contributed by atoms with Crippen molar-refractivity contribution in [2.45, 2.75) is 63.3 Å². The Labute approximate surface area is 239 Å². The number of methoxy groups -OCH3 is 1. The number of anilines is 1. The van der Waals surface area contributed by atoms with Crippen LogP contribution >= 0.6 is 0 Å². The molecule has 0 spiro atoms. The molecular weight excluding hydrogens is 562 g/mol. The summed E-state index contributed by atoms with van der Waals surface area (Å²) in [5.41, 5.74) is -0.948. The number of benzene rings is 1. The molecule has 1 heterocycles. The van der Waals surface area contributed by atoms with Gasteiger partial charge in [0.2, 0.25) is 5.91 Å². The number of hydrogen-bond acceptors (Lipinski definition) is 6. The summed E-state index contributed by atoms with van der Waals surface area (Å²) >= 11 is 0. The first-order chi connectivity index (χ1) is 19.9. The van der Waals surface area contributed by atoms with Gasteiger partial charge in [-0.3, -0.25) is 14.4 Å². The molecule has 1 aromatic carbocycles. The number of aliphatic carboxylic acids is 1. The second-order valence-corrected chi connectivity index (χ2v) is 11.2. The fourth-order valence-corrected chi connectivity index (χ4v) is 6.57. The van der Waals surface area contributed by atoms with Crippen LogP contribution in [0.3, 0.4) is 0 Å². The SMILES string of the molecule is COc1cc(F)c(OC2CCC(C(=O)O)CC2)cc1C(=O)N[C@@H]1[C@H]2CC[C@H](C2)[C@@H]1C(=O)Nc1cc(C(F)(F)F)ccn1.